The van der Waals surface area contributed by atoms with Crippen molar-refractivity contribution in [3.63, 3.8) is 0 Å². The molecule has 1 aromatic heterocycles. The second-order valence-electron chi connectivity index (χ2n) is 3.96. The summed E-state index contributed by atoms with van der Waals surface area (Å²) in [6.45, 7) is 0.284. The van der Waals surface area contributed by atoms with Crippen molar-refractivity contribution in [3.8, 4) is 0 Å². The third kappa shape index (κ3) is 2.70. The number of hydrogen-bond donors (Lipinski definition) is 2. The fourth-order valence-electron chi connectivity index (χ4n) is 1.62. The molecule has 2 rings (SSSR count). The van der Waals surface area contributed by atoms with Gasteiger partial charge in [-0.1, -0.05) is 12.2 Å². The Morgan fingerprint density at radius 3 is 2.74 bits per heavy atom. The number of imidazole rings is 1. The highest BCUT2D eigenvalue weighted by atomic mass is 32.1. The van der Waals surface area contributed by atoms with Crippen LogP contribution in [0.15, 0.2) is 24.5 Å². The second kappa shape index (κ2) is 5.31. The first kappa shape index (κ1) is 13.4. The maximum atomic E-state index is 13.8. The van der Waals surface area contributed by atoms with Gasteiger partial charge in [0.25, 0.3) is 0 Å². The highest BCUT2D eigenvalue weighted by Gasteiger charge is 2.15. The summed E-state index contributed by atoms with van der Waals surface area (Å²) < 4.78 is 29.2. The summed E-state index contributed by atoms with van der Waals surface area (Å²) in [6, 6.07) is 2.75. The smallest absolute Gasteiger partial charge is 0.182 e. The molecule has 0 fully saturated rings. The third-order valence-corrected chi connectivity index (χ3v) is 2.93. The molecule has 0 saturated heterocycles. The average Bonchev–Trinajstić information content (AvgIpc) is 2.76. The number of nitrogens with two attached hydrogens (primary N) is 1. The number of aromatic nitrogens is 2. The van der Waals surface area contributed by atoms with E-state index >= 15 is 0 Å². The molecule has 0 saturated carbocycles. The highest BCUT2D eigenvalue weighted by molar-refractivity contribution is 7.80. The van der Waals surface area contributed by atoms with E-state index in [2.05, 4.69) is 22.5 Å². The third-order valence-electron chi connectivity index (χ3n) is 2.71. The normalized spacial score (nSPS) is 10.5. The van der Waals surface area contributed by atoms with Crippen molar-refractivity contribution < 1.29 is 8.78 Å². The van der Waals surface area contributed by atoms with Crippen molar-refractivity contribution >= 4 is 22.9 Å². The zero-order valence-electron chi connectivity index (χ0n) is 10.2. The van der Waals surface area contributed by atoms with Gasteiger partial charge >= 0.3 is 0 Å². The Balaban J connectivity index is 2.20. The van der Waals surface area contributed by atoms with Crippen molar-refractivity contribution in [1.29, 1.82) is 0 Å². The van der Waals surface area contributed by atoms with Gasteiger partial charge in [0.05, 0.1) is 12.2 Å². The molecule has 2 aromatic rings. The molecule has 4 nitrogen and oxygen atoms in total. The van der Waals surface area contributed by atoms with Gasteiger partial charge in [-0.15, -0.1) is 0 Å². The lowest BCUT2D eigenvalue weighted by atomic mass is 10.2. The largest absolute Gasteiger partial charge is 0.389 e. The summed E-state index contributed by atoms with van der Waals surface area (Å²) in [7, 11) is 1.82. The topological polar surface area (TPSA) is 55.9 Å². The zero-order valence-corrected chi connectivity index (χ0v) is 11.0. The molecule has 0 atom stereocenters. The number of halogens is 2. The zero-order chi connectivity index (χ0) is 14.0. The van der Waals surface area contributed by atoms with Gasteiger partial charge < -0.3 is 15.6 Å². The Morgan fingerprint density at radius 1 is 1.42 bits per heavy atom. The van der Waals surface area contributed by atoms with Crippen LogP contribution in [0.5, 0.6) is 0 Å². The molecule has 100 valence electrons. The Kier molecular flexibility index (Phi) is 3.75. The van der Waals surface area contributed by atoms with Crippen LogP contribution < -0.4 is 11.1 Å². The molecule has 1 heterocycles. The first-order valence-electron chi connectivity index (χ1n) is 5.48. The van der Waals surface area contributed by atoms with E-state index in [4.69, 9.17) is 5.73 Å². The molecule has 19 heavy (non-hydrogen) atoms. The predicted octanol–water partition coefficient (Wildman–Crippen LogP) is 1.94. The summed E-state index contributed by atoms with van der Waals surface area (Å²) in [5.41, 5.74) is 5.24. The highest BCUT2D eigenvalue weighted by Crippen LogP contribution is 2.21. The van der Waals surface area contributed by atoms with E-state index < -0.39 is 11.6 Å². The van der Waals surface area contributed by atoms with Crippen LogP contribution in [0, 0.1) is 11.6 Å². The molecule has 3 N–H and O–H groups in total. The van der Waals surface area contributed by atoms with E-state index in [1.807, 2.05) is 7.05 Å². The monoisotopic (exact) mass is 282 g/mol. The minimum Gasteiger partial charge on any atom is -0.389 e. The first-order chi connectivity index (χ1) is 9.00. The van der Waals surface area contributed by atoms with Crippen LogP contribution >= 0.6 is 12.2 Å². The average molecular weight is 282 g/mol. The molecule has 1 aromatic carbocycles. The fourth-order valence-corrected chi connectivity index (χ4v) is 1.78. The summed E-state index contributed by atoms with van der Waals surface area (Å²) in [6.07, 6.45) is 3.40. The Labute approximate surface area is 114 Å². The molecule has 0 amide bonds. The van der Waals surface area contributed by atoms with Crippen molar-refractivity contribution in [3.05, 3.63) is 47.5 Å². The fraction of sp³-hybridized carbons (Fsp3) is 0.167. The van der Waals surface area contributed by atoms with Crippen LogP contribution in [-0.4, -0.2) is 14.5 Å². The van der Waals surface area contributed by atoms with Gasteiger partial charge in [-0.05, 0) is 12.1 Å². The quantitative estimate of drug-likeness (QED) is 0.842. The summed E-state index contributed by atoms with van der Waals surface area (Å²) in [5.74, 6) is -1.34. The standard InChI is InChI=1S/C12H12F2N4S/c1-18-5-4-16-9(18)6-17-8-3-2-7(12(15)19)10(13)11(8)14/h2-5,17H,6H2,1H3,(H2,15,19). The number of thiocarbonyl (C=S) groups is 1. The van der Waals surface area contributed by atoms with Gasteiger partial charge in [0.2, 0.25) is 0 Å². The summed E-state index contributed by atoms with van der Waals surface area (Å²) >= 11 is 4.64. The number of nitrogens with zero attached hydrogens (tertiary/aromatic N) is 2. The second-order valence-corrected chi connectivity index (χ2v) is 4.40. The van der Waals surface area contributed by atoms with Gasteiger partial charge in [-0.3, -0.25) is 0 Å². The Morgan fingerprint density at radius 2 is 2.16 bits per heavy atom. The van der Waals surface area contributed by atoms with Crippen molar-refractivity contribution in [2.24, 2.45) is 12.8 Å². The van der Waals surface area contributed by atoms with E-state index in [0.29, 0.717) is 5.82 Å². The molecule has 7 heteroatoms. The summed E-state index contributed by atoms with van der Waals surface area (Å²) in [5, 5.41) is 2.78. The van der Waals surface area contributed by atoms with Gasteiger partial charge in [-0.25, -0.2) is 13.8 Å². The van der Waals surface area contributed by atoms with Crippen molar-refractivity contribution in [2.75, 3.05) is 5.32 Å². The van der Waals surface area contributed by atoms with Crippen LogP contribution in [-0.2, 0) is 13.6 Å². The van der Waals surface area contributed by atoms with Gasteiger partial charge in [0.15, 0.2) is 11.6 Å². The number of nitrogens with one attached hydrogen (secondary N) is 1. The predicted molar refractivity (Wildman–Crippen MR) is 72.8 cm³/mol. The minimum absolute atomic E-state index is 0.0421. The van der Waals surface area contributed by atoms with Gasteiger partial charge in [0, 0.05) is 25.0 Å². The number of anilines is 1. The summed E-state index contributed by atoms with van der Waals surface area (Å²) in [4.78, 5) is 3.90. The molecule has 0 aliphatic heterocycles. The molecule has 0 aliphatic rings. The van der Waals surface area contributed by atoms with Crippen molar-refractivity contribution in [1.82, 2.24) is 9.55 Å². The van der Waals surface area contributed by atoms with E-state index in [1.165, 1.54) is 12.1 Å². The molecule has 0 unspecified atom stereocenters. The van der Waals surface area contributed by atoms with Crippen LogP contribution in [0.4, 0.5) is 14.5 Å². The van der Waals surface area contributed by atoms with Crippen LogP contribution in [0.2, 0.25) is 0 Å². The lowest BCUT2D eigenvalue weighted by molar-refractivity contribution is 0.509. The lowest BCUT2D eigenvalue weighted by Crippen LogP contribution is -2.14. The first-order valence-corrected chi connectivity index (χ1v) is 5.89. The minimum atomic E-state index is -1.04. The molecule has 0 radical (unpaired) electrons. The van der Waals surface area contributed by atoms with Gasteiger partial charge in [0.1, 0.15) is 10.8 Å². The lowest BCUT2D eigenvalue weighted by Gasteiger charge is -2.10. The SMILES string of the molecule is Cn1ccnc1CNc1ccc(C(N)=S)c(F)c1F. The van der Waals surface area contributed by atoms with Crippen molar-refractivity contribution in [2.45, 2.75) is 6.54 Å². The van der Waals surface area contributed by atoms with E-state index in [-0.39, 0.29) is 22.8 Å². The van der Waals surface area contributed by atoms with E-state index in [0.717, 1.165) is 0 Å². The van der Waals surface area contributed by atoms with Gasteiger partial charge in [-0.2, -0.15) is 0 Å². The number of hydrogen-bond acceptors (Lipinski definition) is 3. The maximum Gasteiger partial charge on any atom is 0.182 e. The molecule has 0 aliphatic carbocycles. The van der Waals surface area contributed by atoms with E-state index in [1.54, 1.807) is 17.0 Å². The van der Waals surface area contributed by atoms with E-state index in [9.17, 15) is 8.78 Å². The number of aryl methyl sites for hydroxylation is 1. The molecule has 0 spiro atoms. The van der Waals surface area contributed by atoms with Crippen LogP contribution in [0.25, 0.3) is 0 Å². The Hall–Kier alpha value is -2.02. The molecule has 0 bridgehead atoms. The molecular weight excluding hydrogens is 270 g/mol. The number of rotatable bonds is 4. The number of benzene rings is 1. The van der Waals surface area contributed by atoms with Crippen LogP contribution in [0.1, 0.15) is 11.4 Å². The Bertz CT molecular complexity index is 624. The van der Waals surface area contributed by atoms with Crippen LogP contribution in [0.3, 0.4) is 0 Å². The maximum absolute atomic E-state index is 13.8. The molecular formula is C12H12F2N4S.